The molecule has 0 aliphatic heterocycles. The average Bonchev–Trinajstić information content (AvgIpc) is 3.06. The fourth-order valence-corrected chi connectivity index (χ4v) is 2.62. The summed E-state index contributed by atoms with van der Waals surface area (Å²) in [6.45, 7) is 1.94. The van der Waals surface area contributed by atoms with Crippen molar-refractivity contribution in [2.75, 3.05) is 0 Å². The third-order valence-corrected chi connectivity index (χ3v) is 3.89. The highest BCUT2D eigenvalue weighted by atomic mass is 19.1. The smallest absolute Gasteiger partial charge is 0.263 e. The molecule has 5 nitrogen and oxygen atoms in total. The highest BCUT2D eigenvalue weighted by Gasteiger charge is 2.16. The third kappa shape index (κ3) is 2.28. The van der Waals surface area contributed by atoms with Crippen LogP contribution in [0, 0.1) is 12.7 Å². The molecule has 4 rings (SSSR count). The van der Waals surface area contributed by atoms with E-state index in [4.69, 9.17) is 4.52 Å². The zero-order valence-corrected chi connectivity index (χ0v) is 12.7. The van der Waals surface area contributed by atoms with Crippen LogP contribution in [0.25, 0.3) is 33.7 Å². The summed E-state index contributed by atoms with van der Waals surface area (Å²) >= 11 is 0. The first-order valence-electron chi connectivity index (χ1n) is 7.34. The van der Waals surface area contributed by atoms with E-state index in [2.05, 4.69) is 15.1 Å². The van der Waals surface area contributed by atoms with Gasteiger partial charge in [-0.3, -0.25) is 4.79 Å². The molecule has 0 fully saturated rings. The van der Waals surface area contributed by atoms with E-state index in [0.717, 1.165) is 11.1 Å². The van der Waals surface area contributed by atoms with Gasteiger partial charge in [0.2, 0.25) is 11.3 Å². The van der Waals surface area contributed by atoms with Crippen molar-refractivity contribution in [2.45, 2.75) is 6.92 Å². The van der Waals surface area contributed by atoms with Crippen LogP contribution in [0.3, 0.4) is 0 Å². The van der Waals surface area contributed by atoms with Gasteiger partial charge in [0.15, 0.2) is 0 Å². The van der Waals surface area contributed by atoms with Gasteiger partial charge in [-0.2, -0.15) is 4.98 Å². The predicted octanol–water partition coefficient (Wildman–Crippen LogP) is 3.69. The van der Waals surface area contributed by atoms with Crippen molar-refractivity contribution >= 4 is 10.9 Å². The van der Waals surface area contributed by atoms with Crippen LogP contribution in [0.5, 0.6) is 0 Å². The number of nitrogens with zero attached hydrogens (tertiary/aromatic N) is 2. The average molecular weight is 321 g/mol. The second-order valence-electron chi connectivity index (χ2n) is 5.46. The molecule has 24 heavy (non-hydrogen) atoms. The minimum atomic E-state index is -0.476. The fourth-order valence-electron chi connectivity index (χ4n) is 2.62. The molecule has 0 radical (unpaired) electrons. The van der Waals surface area contributed by atoms with Crippen LogP contribution in [0.15, 0.2) is 58.0 Å². The molecular formula is C18H12FN3O2. The lowest BCUT2D eigenvalue weighted by atomic mass is 10.1. The Morgan fingerprint density at radius 3 is 2.79 bits per heavy atom. The number of hydrogen-bond donors (Lipinski definition) is 1. The van der Waals surface area contributed by atoms with Gasteiger partial charge in [0.05, 0.1) is 0 Å². The molecule has 0 saturated heterocycles. The number of fused-ring (bicyclic) bond motifs is 1. The SMILES string of the molecule is Cc1ccccc1-c1noc(-c2c[nH]c3ccc(F)cc3c2=O)n1. The number of nitrogens with one attached hydrogen (secondary N) is 1. The van der Waals surface area contributed by atoms with Crippen molar-refractivity contribution in [3.63, 3.8) is 0 Å². The molecule has 118 valence electrons. The second-order valence-corrected chi connectivity index (χ2v) is 5.46. The predicted molar refractivity (Wildman–Crippen MR) is 88.0 cm³/mol. The molecule has 4 aromatic rings. The lowest BCUT2D eigenvalue weighted by molar-refractivity contribution is 0.432. The maximum atomic E-state index is 13.4. The molecule has 0 amide bonds. The van der Waals surface area contributed by atoms with Crippen molar-refractivity contribution in [2.24, 2.45) is 0 Å². The summed E-state index contributed by atoms with van der Waals surface area (Å²) in [7, 11) is 0. The van der Waals surface area contributed by atoms with Crippen LogP contribution in [0.2, 0.25) is 0 Å². The summed E-state index contributed by atoms with van der Waals surface area (Å²) in [6, 6.07) is 11.6. The molecule has 1 N–H and O–H groups in total. The highest BCUT2D eigenvalue weighted by molar-refractivity contribution is 5.82. The molecule has 2 aromatic heterocycles. The van der Waals surface area contributed by atoms with Crippen LogP contribution in [0.1, 0.15) is 5.56 Å². The fraction of sp³-hybridized carbons (Fsp3) is 0.0556. The summed E-state index contributed by atoms with van der Waals surface area (Å²) in [4.78, 5) is 19.8. The van der Waals surface area contributed by atoms with Crippen LogP contribution >= 0.6 is 0 Å². The number of H-pyrrole nitrogens is 1. The van der Waals surface area contributed by atoms with Gasteiger partial charge in [0.1, 0.15) is 11.4 Å². The van der Waals surface area contributed by atoms with Gasteiger partial charge < -0.3 is 9.51 Å². The summed E-state index contributed by atoms with van der Waals surface area (Å²) < 4.78 is 18.7. The number of aromatic amines is 1. The molecule has 6 heteroatoms. The minimum Gasteiger partial charge on any atom is -0.360 e. The van der Waals surface area contributed by atoms with Crippen molar-refractivity contribution in [3.05, 3.63) is 70.3 Å². The van der Waals surface area contributed by atoms with Crippen molar-refractivity contribution in [1.29, 1.82) is 0 Å². The molecule has 0 atom stereocenters. The topological polar surface area (TPSA) is 71.8 Å². The second kappa shape index (κ2) is 5.42. The van der Waals surface area contributed by atoms with E-state index in [9.17, 15) is 9.18 Å². The Balaban J connectivity index is 1.86. The summed E-state index contributed by atoms with van der Waals surface area (Å²) in [5.74, 6) is 0.0266. The highest BCUT2D eigenvalue weighted by Crippen LogP contribution is 2.23. The van der Waals surface area contributed by atoms with Crippen molar-refractivity contribution < 1.29 is 8.91 Å². The standard InChI is InChI=1S/C18H12FN3O2/c1-10-4-2-3-5-12(10)17-21-18(24-22-17)14-9-20-15-7-6-11(19)8-13(15)16(14)23/h2-9H,1H3,(H,20,23). The van der Waals surface area contributed by atoms with Gasteiger partial charge in [-0.05, 0) is 30.7 Å². The minimum absolute atomic E-state index is 0.0978. The van der Waals surface area contributed by atoms with Gasteiger partial charge >= 0.3 is 0 Å². The monoisotopic (exact) mass is 321 g/mol. The first kappa shape index (κ1) is 14.3. The van der Waals surface area contributed by atoms with Crippen LogP contribution < -0.4 is 5.43 Å². The number of pyridine rings is 1. The molecule has 2 heterocycles. The number of halogens is 1. The van der Waals surface area contributed by atoms with E-state index in [1.54, 1.807) is 0 Å². The Bertz CT molecular complexity index is 1110. The van der Waals surface area contributed by atoms with E-state index in [-0.39, 0.29) is 22.3 Å². The first-order valence-corrected chi connectivity index (χ1v) is 7.34. The zero-order valence-electron chi connectivity index (χ0n) is 12.7. The number of hydrogen-bond acceptors (Lipinski definition) is 4. The molecule has 2 aromatic carbocycles. The molecule has 0 spiro atoms. The largest absolute Gasteiger partial charge is 0.360 e. The van der Waals surface area contributed by atoms with Gasteiger partial charge in [-0.25, -0.2) is 4.39 Å². The molecule has 0 unspecified atom stereocenters. The van der Waals surface area contributed by atoms with Gasteiger partial charge in [0, 0.05) is 22.7 Å². The quantitative estimate of drug-likeness (QED) is 0.611. The van der Waals surface area contributed by atoms with Crippen molar-refractivity contribution in [3.8, 4) is 22.8 Å². The number of aryl methyl sites for hydroxylation is 1. The number of benzene rings is 2. The van der Waals surface area contributed by atoms with E-state index < -0.39 is 5.82 Å². The Hall–Kier alpha value is -3.28. The molecule has 0 aliphatic carbocycles. The summed E-state index contributed by atoms with van der Waals surface area (Å²) in [5, 5.41) is 4.19. The Morgan fingerprint density at radius 2 is 1.96 bits per heavy atom. The number of rotatable bonds is 2. The van der Waals surface area contributed by atoms with Crippen LogP contribution in [-0.4, -0.2) is 15.1 Å². The summed E-state index contributed by atoms with van der Waals surface area (Å²) in [5.41, 5.74) is 2.22. The van der Waals surface area contributed by atoms with E-state index >= 15 is 0 Å². The molecule has 0 bridgehead atoms. The maximum Gasteiger partial charge on any atom is 0.263 e. The van der Waals surface area contributed by atoms with Crippen LogP contribution in [-0.2, 0) is 0 Å². The third-order valence-electron chi connectivity index (χ3n) is 3.89. The lowest BCUT2D eigenvalue weighted by Gasteiger charge is -2.00. The van der Waals surface area contributed by atoms with Gasteiger partial charge in [-0.15, -0.1) is 0 Å². The number of aromatic nitrogens is 3. The molecular weight excluding hydrogens is 309 g/mol. The Kier molecular flexibility index (Phi) is 3.23. The van der Waals surface area contributed by atoms with E-state index in [1.165, 1.54) is 24.4 Å². The van der Waals surface area contributed by atoms with Crippen LogP contribution in [0.4, 0.5) is 4.39 Å². The Morgan fingerprint density at radius 1 is 1.12 bits per heavy atom. The van der Waals surface area contributed by atoms with Crippen molar-refractivity contribution in [1.82, 2.24) is 15.1 Å². The first-order chi connectivity index (χ1) is 11.6. The van der Waals surface area contributed by atoms with Gasteiger partial charge in [0.25, 0.3) is 5.89 Å². The maximum absolute atomic E-state index is 13.4. The summed E-state index contributed by atoms with van der Waals surface area (Å²) in [6.07, 6.45) is 1.50. The zero-order chi connectivity index (χ0) is 16.7. The normalized spacial score (nSPS) is 11.1. The van der Waals surface area contributed by atoms with E-state index in [1.807, 2.05) is 31.2 Å². The van der Waals surface area contributed by atoms with E-state index in [0.29, 0.717) is 11.3 Å². The molecule has 0 saturated carbocycles. The molecule has 0 aliphatic rings. The Labute approximate surface area is 135 Å². The van der Waals surface area contributed by atoms with Gasteiger partial charge in [-0.1, -0.05) is 29.4 Å². The lowest BCUT2D eigenvalue weighted by Crippen LogP contribution is -2.06.